The van der Waals surface area contributed by atoms with Crippen LogP contribution >= 0.6 is 11.6 Å². The van der Waals surface area contributed by atoms with Crippen LogP contribution in [0.4, 0.5) is 10.1 Å². The van der Waals surface area contributed by atoms with Gasteiger partial charge in [-0.15, -0.1) is 0 Å². The molecule has 3 nitrogen and oxygen atoms in total. The van der Waals surface area contributed by atoms with Crippen molar-refractivity contribution < 1.29 is 9.13 Å². The maximum atomic E-state index is 13.0. The van der Waals surface area contributed by atoms with Gasteiger partial charge in [-0.2, -0.15) is 0 Å². The summed E-state index contributed by atoms with van der Waals surface area (Å²) in [4.78, 5) is 4.07. The van der Waals surface area contributed by atoms with Gasteiger partial charge in [0.2, 0.25) is 5.88 Å². The molecule has 94 valence electrons. The second-order valence-electron chi connectivity index (χ2n) is 3.66. The van der Waals surface area contributed by atoms with Crippen molar-refractivity contribution in [3.05, 3.63) is 52.9 Å². The van der Waals surface area contributed by atoms with Crippen LogP contribution in [-0.2, 0) is 6.54 Å². The van der Waals surface area contributed by atoms with E-state index < -0.39 is 5.82 Å². The predicted octanol–water partition coefficient (Wildman–Crippen LogP) is 3.49. The molecule has 0 fully saturated rings. The molecule has 0 saturated heterocycles. The highest BCUT2D eigenvalue weighted by Crippen LogP contribution is 2.21. The van der Waals surface area contributed by atoms with Crippen molar-refractivity contribution >= 4 is 17.3 Å². The van der Waals surface area contributed by atoms with Gasteiger partial charge in [-0.05, 0) is 29.8 Å². The van der Waals surface area contributed by atoms with Crippen molar-refractivity contribution in [1.29, 1.82) is 0 Å². The first-order valence-electron chi connectivity index (χ1n) is 5.37. The number of hydrogen-bond acceptors (Lipinski definition) is 3. The summed E-state index contributed by atoms with van der Waals surface area (Å²) in [7, 11) is 1.56. The minimum Gasteiger partial charge on any atom is -0.480 e. The lowest BCUT2D eigenvalue weighted by molar-refractivity contribution is 0.399. The van der Waals surface area contributed by atoms with Gasteiger partial charge in [0.05, 0.1) is 17.8 Å². The standard InChI is InChI=1S/C13H12ClFN2O/c1-18-13-12(3-2-6-16-13)17-8-9-4-5-11(15)10(14)7-9/h2-7,17H,8H2,1H3. The van der Waals surface area contributed by atoms with Crippen LogP contribution in [0.1, 0.15) is 5.56 Å². The third-order valence-electron chi connectivity index (χ3n) is 2.43. The number of anilines is 1. The smallest absolute Gasteiger partial charge is 0.237 e. The topological polar surface area (TPSA) is 34.1 Å². The lowest BCUT2D eigenvalue weighted by atomic mass is 10.2. The molecule has 0 aliphatic heterocycles. The lowest BCUT2D eigenvalue weighted by Crippen LogP contribution is -2.02. The molecular formula is C13H12ClFN2O. The fraction of sp³-hybridized carbons (Fsp3) is 0.154. The van der Waals surface area contributed by atoms with Crippen LogP contribution in [0.5, 0.6) is 5.88 Å². The van der Waals surface area contributed by atoms with E-state index in [9.17, 15) is 4.39 Å². The fourth-order valence-electron chi connectivity index (χ4n) is 1.53. The van der Waals surface area contributed by atoms with E-state index in [1.165, 1.54) is 6.07 Å². The molecule has 0 unspecified atom stereocenters. The van der Waals surface area contributed by atoms with Crippen LogP contribution in [0.3, 0.4) is 0 Å². The van der Waals surface area contributed by atoms with E-state index in [4.69, 9.17) is 16.3 Å². The Hall–Kier alpha value is -1.81. The van der Waals surface area contributed by atoms with E-state index in [0.29, 0.717) is 12.4 Å². The third kappa shape index (κ3) is 2.90. The van der Waals surface area contributed by atoms with E-state index in [2.05, 4.69) is 10.3 Å². The molecule has 5 heteroatoms. The van der Waals surface area contributed by atoms with Gasteiger partial charge >= 0.3 is 0 Å². The second-order valence-corrected chi connectivity index (χ2v) is 4.07. The average Bonchev–Trinajstić information content (AvgIpc) is 2.40. The van der Waals surface area contributed by atoms with Gasteiger partial charge in [-0.1, -0.05) is 17.7 Å². The average molecular weight is 267 g/mol. The second kappa shape index (κ2) is 5.69. The number of nitrogens with zero attached hydrogens (tertiary/aromatic N) is 1. The summed E-state index contributed by atoms with van der Waals surface area (Å²) in [5.41, 5.74) is 1.66. The lowest BCUT2D eigenvalue weighted by Gasteiger charge is -2.10. The molecule has 1 aromatic carbocycles. The molecule has 0 aliphatic rings. The minimum absolute atomic E-state index is 0.118. The van der Waals surface area contributed by atoms with Crippen LogP contribution in [0.25, 0.3) is 0 Å². The summed E-state index contributed by atoms with van der Waals surface area (Å²) < 4.78 is 18.1. The Morgan fingerprint density at radius 1 is 1.39 bits per heavy atom. The summed E-state index contributed by atoms with van der Waals surface area (Å²) in [6.45, 7) is 0.516. The summed E-state index contributed by atoms with van der Waals surface area (Å²) >= 11 is 5.71. The Bertz CT molecular complexity index is 548. The molecule has 2 aromatic rings. The Morgan fingerprint density at radius 2 is 2.22 bits per heavy atom. The highest BCUT2D eigenvalue weighted by molar-refractivity contribution is 6.30. The summed E-state index contributed by atoms with van der Waals surface area (Å²) in [5, 5.41) is 3.28. The molecule has 0 spiro atoms. The highest BCUT2D eigenvalue weighted by Gasteiger charge is 2.04. The first-order valence-corrected chi connectivity index (χ1v) is 5.75. The number of ether oxygens (including phenoxy) is 1. The van der Waals surface area contributed by atoms with Gasteiger partial charge in [-0.3, -0.25) is 0 Å². The quantitative estimate of drug-likeness (QED) is 0.920. The van der Waals surface area contributed by atoms with E-state index in [0.717, 1.165) is 11.3 Å². The molecule has 0 saturated carbocycles. The molecular weight excluding hydrogens is 255 g/mol. The van der Waals surface area contributed by atoms with Crippen molar-refractivity contribution in [3.63, 3.8) is 0 Å². The first kappa shape index (κ1) is 12.6. The van der Waals surface area contributed by atoms with Crippen molar-refractivity contribution in [2.24, 2.45) is 0 Å². The van der Waals surface area contributed by atoms with Crippen molar-refractivity contribution in [2.45, 2.75) is 6.54 Å². The number of benzene rings is 1. The Balaban J connectivity index is 2.09. The van der Waals surface area contributed by atoms with Crippen LogP contribution < -0.4 is 10.1 Å². The Kier molecular flexibility index (Phi) is 3.99. The van der Waals surface area contributed by atoms with Crippen molar-refractivity contribution in [3.8, 4) is 5.88 Å². The maximum Gasteiger partial charge on any atom is 0.237 e. The number of pyridine rings is 1. The summed E-state index contributed by atoms with van der Waals surface area (Å²) in [5.74, 6) is 0.102. The van der Waals surface area contributed by atoms with Crippen LogP contribution in [0.15, 0.2) is 36.5 Å². The maximum absolute atomic E-state index is 13.0. The number of nitrogens with one attached hydrogen (secondary N) is 1. The number of rotatable bonds is 4. The monoisotopic (exact) mass is 266 g/mol. The van der Waals surface area contributed by atoms with Gasteiger partial charge in [0, 0.05) is 12.7 Å². The normalized spacial score (nSPS) is 10.2. The molecule has 1 aromatic heterocycles. The van der Waals surface area contributed by atoms with E-state index >= 15 is 0 Å². The number of methoxy groups -OCH3 is 1. The SMILES string of the molecule is COc1ncccc1NCc1ccc(F)c(Cl)c1. The Morgan fingerprint density at radius 3 is 2.94 bits per heavy atom. The fourth-order valence-corrected chi connectivity index (χ4v) is 1.74. The zero-order chi connectivity index (χ0) is 13.0. The molecule has 1 heterocycles. The van der Waals surface area contributed by atoms with Crippen LogP contribution in [0, 0.1) is 5.82 Å². The third-order valence-corrected chi connectivity index (χ3v) is 2.72. The molecule has 0 aliphatic carbocycles. The summed E-state index contributed by atoms with van der Waals surface area (Å²) in [6.07, 6.45) is 1.65. The number of hydrogen-bond donors (Lipinski definition) is 1. The van der Waals surface area contributed by atoms with Gasteiger partial charge in [0.25, 0.3) is 0 Å². The molecule has 0 radical (unpaired) electrons. The number of halogens is 2. The Labute approximate surface area is 110 Å². The van der Waals surface area contributed by atoms with Crippen molar-refractivity contribution in [1.82, 2.24) is 4.98 Å². The zero-order valence-corrected chi connectivity index (χ0v) is 10.5. The first-order chi connectivity index (χ1) is 8.70. The van der Waals surface area contributed by atoms with E-state index in [1.54, 1.807) is 25.4 Å². The molecule has 0 bridgehead atoms. The van der Waals surface area contributed by atoms with Crippen molar-refractivity contribution in [2.75, 3.05) is 12.4 Å². The minimum atomic E-state index is -0.417. The van der Waals surface area contributed by atoms with Gasteiger partial charge < -0.3 is 10.1 Å². The number of aromatic nitrogens is 1. The van der Waals surface area contributed by atoms with Gasteiger partial charge in [-0.25, -0.2) is 9.37 Å². The highest BCUT2D eigenvalue weighted by atomic mass is 35.5. The van der Waals surface area contributed by atoms with Crippen LogP contribution in [0.2, 0.25) is 5.02 Å². The van der Waals surface area contributed by atoms with Gasteiger partial charge in [0.1, 0.15) is 5.82 Å². The molecule has 1 N–H and O–H groups in total. The molecule has 0 amide bonds. The van der Waals surface area contributed by atoms with Gasteiger partial charge in [0.15, 0.2) is 0 Å². The van der Waals surface area contributed by atoms with E-state index in [1.807, 2.05) is 12.1 Å². The van der Waals surface area contributed by atoms with Crippen LogP contribution in [-0.4, -0.2) is 12.1 Å². The predicted molar refractivity (Wildman–Crippen MR) is 69.5 cm³/mol. The molecule has 2 rings (SSSR count). The largest absolute Gasteiger partial charge is 0.480 e. The van der Waals surface area contributed by atoms with E-state index in [-0.39, 0.29) is 5.02 Å². The summed E-state index contributed by atoms with van der Waals surface area (Å²) in [6, 6.07) is 8.28. The zero-order valence-electron chi connectivity index (χ0n) is 9.78. The molecule has 0 atom stereocenters. The molecule has 18 heavy (non-hydrogen) atoms.